The van der Waals surface area contributed by atoms with Gasteiger partial charge in [-0.3, -0.25) is 14.4 Å². The zero-order chi connectivity index (χ0) is 27.9. The number of anilines is 3. The largest absolute Gasteiger partial charge is 0.369 e. The summed E-state index contributed by atoms with van der Waals surface area (Å²) in [6, 6.07) is 17.2. The highest BCUT2D eigenvalue weighted by atomic mass is 16.2. The smallest absolute Gasteiger partial charge is 0.251 e. The highest BCUT2D eigenvalue weighted by Gasteiger charge is 2.39. The molecule has 7 heteroatoms. The summed E-state index contributed by atoms with van der Waals surface area (Å²) in [6.07, 6.45) is 6.46. The van der Waals surface area contributed by atoms with Crippen molar-refractivity contribution in [2.24, 2.45) is 29.4 Å². The first-order chi connectivity index (χ1) is 18.8. The van der Waals surface area contributed by atoms with E-state index in [-0.39, 0.29) is 17.7 Å². The monoisotopic (exact) mass is 532 g/mol. The van der Waals surface area contributed by atoms with E-state index in [1.807, 2.05) is 80.3 Å². The van der Waals surface area contributed by atoms with Crippen LogP contribution in [0.15, 0.2) is 54.6 Å². The fourth-order valence-electron chi connectivity index (χ4n) is 5.96. The minimum atomic E-state index is -0.767. The number of primary amides is 1. The van der Waals surface area contributed by atoms with Crippen molar-refractivity contribution in [2.75, 3.05) is 22.9 Å². The standard InChI is InChI=1S/C32H44N4O3/c1-4-11-25(30(33)37)26(20-22(2)3)31(38)34-27-21-36(24-14-6-5-7-15-24)29-17-9-8-16-28(29)35(32(27)39)19-18-23-12-10-13-23/h5-9,14-17,22-23,25-27H,4,10-13,18-21H2,1-3H3,(H2,33,37)(H,34,38). The van der Waals surface area contributed by atoms with Gasteiger partial charge in [-0.1, -0.05) is 76.8 Å². The molecule has 1 fully saturated rings. The van der Waals surface area contributed by atoms with Crippen LogP contribution in [0.1, 0.15) is 65.7 Å². The van der Waals surface area contributed by atoms with Crippen LogP contribution in [0.4, 0.5) is 17.1 Å². The second kappa shape index (κ2) is 13.1. The van der Waals surface area contributed by atoms with Crippen molar-refractivity contribution in [1.29, 1.82) is 0 Å². The lowest BCUT2D eigenvalue weighted by Gasteiger charge is -2.31. The number of carbonyl (C=O) groups is 3. The quantitative estimate of drug-likeness (QED) is 0.382. The summed E-state index contributed by atoms with van der Waals surface area (Å²) in [7, 11) is 0. The van der Waals surface area contributed by atoms with Crippen LogP contribution in [0.3, 0.4) is 0 Å². The number of carbonyl (C=O) groups excluding carboxylic acids is 3. The Morgan fingerprint density at radius 2 is 1.67 bits per heavy atom. The first-order valence-electron chi connectivity index (χ1n) is 14.6. The molecule has 2 aromatic rings. The third kappa shape index (κ3) is 6.81. The highest BCUT2D eigenvalue weighted by molar-refractivity contribution is 6.04. The molecule has 2 aliphatic rings. The Hall–Kier alpha value is -3.35. The molecule has 3 amide bonds. The average Bonchev–Trinajstić information content (AvgIpc) is 3.00. The van der Waals surface area contributed by atoms with Gasteiger partial charge in [0.1, 0.15) is 6.04 Å². The van der Waals surface area contributed by atoms with E-state index in [9.17, 15) is 14.4 Å². The van der Waals surface area contributed by atoms with Crippen LogP contribution < -0.4 is 20.9 Å². The second-order valence-electron chi connectivity index (χ2n) is 11.6. The van der Waals surface area contributed by atoms with Crippen molar-refractivity contribution in [3.63, 3.8) is 0 Å². The molecule has 1 aliphatic carbocycles. The lowest BCUT2D eigenvalue weighted by atomic mass is 9.81. The lowest BCUT2D eigenvalue weighted by molar-refractivity contribution is -0.136. The Kier molecular flexibility index (Phi) is 9.65. The van der Waals surface area contributed by atoms with E-state index >= 15 is 0 Å². The molecule has 210 valence electrons. The normalized spacial score (nSPS) is 19.2. The molecule has 0 bridgehead atoms. The molecule has 3 unspecified atom stereocenters. The molecule has 1 aliphatic heterocycles. The molecule has 0 spiro atoms. The molecular weight excluding hydrogens is 488 g/mol. The van der Waals surface area contributed by atoms with E-state index < -0.39 is 23.8 Å². The predicted molar refractivity (Wildman–Crippen MR) is 157 cm³/mol. The number of nitrogens with zero attached hydrogens (tertiary/aromatic N) is 2. The van der Waals surface area contributed by atoms with E-state index in [0.717, 1.165) is 29.9 Å². The van der Waals surface area contributed by atoms with Crippen molar-refractivity contribution in [3.05, 3.63) is 54.6 Å². The third-order valence-electron chi connectivity index (χ3n) is 8.28. The van der Waals surface area contributed by atoms with Crippen molar-refractivity contribution >= 4 is 34.8 Å². The van der Waals surface area contributed by atoms with Gasteiger partial charge in [0.2, 0.25) is 11.8 Å². The summed E-state index contributed by atoms with van der Waals surface area (Å²) < 4.78 is 0. The lowest BCUT2D eigenvalue weighted by Crippen LogP contribution is -2.54. The number of nitrogens with one attached hydrogen (secondary N) is 1. The second-order valence-corrected chi connectivity index (χ2v) is 11.6. The molecule has 3 N–H and O–H groups in total. The Labute approximate surface area is 233 Å². The van der Waals surface area contributed by atoms with Gasteiger partial charge in [0.05, 0.1) is 17.9 Å². The number of rotatable bonds is 12. The van der Waals surface area contributed by atoms with Gasteiger partial charge in [-0.05, 0) is 55.4 Å². The van der Waals surface area contributed by atoms with Crippen molar-refractivity contribution in [2.45, 2.75) is 71.8 Å². The topological polar surface area (TPSA) is 95.7 Å². The Bertz CT molecular complexity index is 1130. The Morgan fingerprint density at radius 1 is 1.00 bits per heavy atom. The summed E-state index contributed by atoms with van der Waals surface area (Å²) in [5.74, 6) is -1.11. The molecule has 4 rings (SSSR count). The molecule has 1 saturated carbocycles. The van der Waals surface area contributed by atoms with Crippen LogP contribution in [-0.4, -0.2) is 36.9 Å². The van der Waals surface area contributed by atoms with Gasteiger partial charge in [-0.15, -0.1) is 0 Å². The van der Waals surface area contributed by atoms with Gasteiger partial charge in [0.15, 0.2) is 0 Å². The summed E-state index contributed by atoms with van der Waals surface area (Å²) >= 11 is 0. The van der Waals surface area contributed by atoms with Gasteiger partial charge in [-0.25, -0.2) is 0 Å². The molecule has 3 atom stereocenters. The predicted octanol–water partition coefficient (Wildman–Crippen LogP) is 5.41. The SMILES string of the molecule is CCCC(C(N)=O)C(CC(C)C)C(=O)NC1CN(c2ccccc2)c2ccccc2N(CCC2CCC2)C1=O. The average molecular weight is 533 g/mol. The number of fused-ring (bicyclic) bond motifs is 1. The minimum Gasteiger partial charge on any atom is -0.369 e. The van der Waals surface area contributed by atoms with Gasteiger partial charge in [0, 0.05) is 24.1 Å². The zero-order valence-corrected chi connectivity index (χ0v) is 23.6. The van der Waals surface area contributed by atoms with Crippen molar-refractivity contribution in [1.82, 2.24) is 5.32 Å². The number of hydrogen-bond acceptors (Lipinski definition) is 4. The fraction of sp³-hybridized carbons (Fsp3) is 0.531. The fourth-order valence-corrected chi connectivity index (χ4v) is 5.96. The van der Waals surface area contributed by atoms with Crippen LogP contribution in [-0.2, 0) is 14.4 Å². The number of benzene rings is 2. The molecule has 0 saturated heterocycles. The summed E-state index contributed by atoms with van der Waals surface area (Å²) in [4.78, 5) is 44.5. The van der Waals surface area contributed by atoms with E-state index in [1.165, 1.54) is 19.3 Å². The molecule has 1 heterocycles. The summed E-state index contributed by atoms with van der Waals surface area (Å²) in [5.41, 5.74) is 8.55. The van der Waals surface area contributed by atoms with Gasteiger partial charge >= 0.3 is 0 Å². The van der Waals surface area contributed by atoms with Crippen LogP contribution in [0.2, 0.25) is 0 Å². The summed E-state index contributed by atoms with van der Waals surface area (Å²) in [5, 5.41) is 3.11. The van der Waals surface area contributed by atoms with Gasteiger partial charge in [-0.2, -0.15) is 0 Å². The minimum absolute atomic E-state index is 0.108. The third-order valence-corrected chi connectivity index (χ3v) is 8.28. The molecule has 0 radical (unpaired) electrons. The zero-order valence-electron chi connectivity index (χ0n) is 23.6. The Balaban J connectivity index is 1.69. The van der Waals surface area contributed by atoms with E-state index in [1.54, 1.807) is 0 Å². The maximum Gasteiger partial charge on any atom is 0.251 e. The van der Waals surface area contributed by atoms with Crippen molar-refractivity contribution < 1.29 is 14.4 Å². The Morgan fingerprint density at radius 3 is 2.26 bits per heavy atom. The molecule has 0 aromatic heterocycles. The van der Waals surface area contributed by atoms with Crippen LogP contribution in [0.25, 0.3) is 0 Å². The number of nitrogens with two attached hydrogens (primary N) is 1. The van der Waals surface area contributed by atoms with Crippen LogP contribution in [0.5, 0.6) is 0 Å². The summed E-state index contributed by atoms with van der Waals surface area (Å²) in [6.45, 7) is 6.98. The first-order valence-corrected chi connectivity index (χ1v) is 14.6. The molecule has 2 aromatic carbocycles. The van der Waals surface area contributed by atoms with Crippen LogP contribution >= 0.6 is 0 Å². The molecule has 7 nitrogen and oxygen atoms in total. The maximum atomic E-state index is 14.2. The van der Waals surface area contributed by atoms with E-state index in [2.05, 4.69) is 10.2 Å². The van der Waals surface area contributed by atoms with Gasteiger partial charge < -0.3 is 20.9 Å². The van der Waals surface area contributed by atoms with Crippen LogP contribution in [0, 0.1) is 23.7 Å². The maximum absolute atomic E-state index is 14.2. The number of amides is 3. The molecular formula is C32H44N4O3. The van der Waals surface area contributed by atoms with Gasteiger partial charge in [0.25, 0.3) is 5.91 Å². The number of para-hydroxylation sites is 3. The number of hydrogen-bond donors (Lipinski definition) is 2. The van der Waals surface area contributed by atoms with Crippen molar-refractivity contribution in [3.8, 4) is 0 Å². The first kappa shape index (κ1) is 28.7. The van der Waals surface area contributed by atoms with E-state index in [0.29, 0.717) is 31.8 Å². The highest BCUT2D eigenvalue weighted by Crippen LogP contribution is 2.39. The van der Waals surface area contributed by atoms with E-state index in [4.69, 9.17) is 5.73 Å². The molecule has 39 heavy (non-hydrogen) atoms.